The Hall–Kier alpha value is -1.88. The van der Waals surface area contributed by atoms with E-state index in [1.165, 1.54) is 18.4 Å². The van der Waals surface area contributed by atoms with Crippen LogP contribution in [0.1, 0.15) is 44.1 Å². The molecule has 0 bridgehead atoms. The molecule has 1 aliphatic heterocycles. The Morgan fingerprint density at radius 3 is 2.55 bits per heavy atom. The Kier molecular flexibility index (Phi) is 11.1. The maximum absolute atomic E-state index is 5.32. The Balaban J connectivity index is 0.00000341. The highest BCUT2D eigenvalue weighted by Crippen LogP contribution is 2.27. The van der Waals surface area contributed by atoms with E-state index in [4.69, 9.17) is 9.73 Å². The van der Waals surface area contributed by atoms with Crippen molar-refractivity contribution in [2.24, 2.45) is 4.99 Å². The van der Waals surface area contributed by atoms with E-state index in [1.54, 1.807) is 13.4 Å². The molecule has 1 saturated heterocycles. The van der Waals surface area contributed by atoms with Crippen LogP contribution in [0.4, 0.5) is 0 Å². The number of guanidine groups is 1. The lowest BCUT2D eigenvalue weighted by molar-refractivity contribution is 0.251. The van der Waals surface area contributed by atoms with Crippen molar-refractivity contribution in [2.45, 2.75) is 45.7 Å². The summed E-state index contributed by atoms with van der Waals surface area (Å²) < 4.78 is 7.41. The molecule has 3 rings (SSSR count). The molecular weight excluding hydrogens is 505 g/mol. The van der Waals surface area contributed by atoms with Crippen LogP contribution in [0.2, 0.25) is 0 Å². The number of hydrogen-bond acceptors (Lipinski definition) is 5. The van der Waals surface area contributed by atoms with Gasteiger partial charge < -0.3 is 19.9 Å². The fourth-order valence-electron chi connectivity index (χ4n) is 3.86. The summed E-state index contributed by atoms with van der Waals surface area (Å²) in [4.78, 5) is 7.46. The Morgan fingerprint density at radius 2 is 1.90 bits per heavy atom. The van der Waals surface area contributed by atoms with Crippen molar-refractivity contribution in [1.29, 1.82) is 0 Å². The molecule has 8 nitrogen and oxygen atoms in total. The monoisotopic (exact) mass is 541 g/mol. The molecule has 0 amide bonds. The van der Waals surface area contributed by atoms with Gasteiger partial charge in [-0.25, -0.2) is 0 Å². The molecule has 0 radical (unpaired) electrons. The zero-order valence-corrected chi connectivity index (χ0v) is 21.2. The SMILES string of the molecule is CCNC(=NCC(c1ccc(OC)cc1)N1CCCC1)NCCn1cnnc1CC.I. The highest BCUT2D eigenvalue weighted by Gasteiger charge is 2.23. The topological polar surface area (TPSA) is 79.6 Å². The summed E-state index contributed by atoms with van der Waals surface area (Å²) in [5, 5.41) is 15.0. The zero-order chi connectivity index (χ0) is 21.2. The number of rotatable bonds is 10. The molecule has 0 aliphatic carbocycles. The normalized spacial score (nSPS) is 15.4. The average Bonchev–Trinajstić information content (AvgIpc) is 3.46. The summed E-state index contributed by atoms with van der Waals surface area (Å²) in [6, 6.07) is 8.68. The van der Waals surface area contributed by atoms with Crippen LogP contribution in [0.3, 0.4) is 0 Å². The minimum atomic E-state index is 0. The number of aryl methyl sites for hydroxylation is 1. The molecule has 1 aromatic heterocycles. The van der Waals surface area contributed by atoms with Crippen molar-refractivity contribution in [3.63, 3.8) is 0 Å². The van der Waals surface area contributed by atoms with Gasteiger partial charge in [-0.3, -0.25) is 9.89 Å². The van der Waals surface area contributed by atoms with Crippen LogP contribution in [0.15, 0.2) is 35.6 Å². The quantitative estimate of drug-likeness (QED) is 0.274. The van der Waals surface area contributed by atoms with E-state index in [0.29, 0.717) is 6.54 Å². The molecule has 2 heterocycles. The van der Waals surface area contributed by atoms with E-state index < -0.39 is 0 Å². The molecule has 1 fully saturated rings. The van der Waals surface area contributed by atoms with Gasteiger partial charge in [0.05, 0.1) is 19.7 Å². The molecular formula is C22H36IN7O. The van der Waals surface area contributed by atoms with Gasteiger partial charge in [-0.1, -0.05) is 19.1 Å². The number of nitrogens with zero attached hydrogens (tertiary/aromatic N) is 5. The summed E-state index contributed by atoms with van der Waals surface area (Å²) in [5.41, 5.74) is 1.29. The van der Waals surface area contributed by atoms with Crippen LogP contribution >= 0.6 is 24.0 Å². The van der Waals surface area contributed by atoms with Crippen molar-refractivity contribution in [3.05, 3.63) is 42.0 Å². The number of aromatic nitrogens is 3. The van der Waals surface area contributed by atoms with E-state index in [1.807, 2.05) is 12.1 Å². The van der Waals surface area contributed by atoms with Gasteiger partial charge in [-0.15, -0.1) is 34.2 Å². The summed E-state index contributed by atoms with van der Waals surface area (Å²) in [5.74, 6) is 2.74. The average molecular weight is 541 g/mol. The molecule has 172 valence electrons. The molecule has 0 saturated carbocycles. The fourth-order valence-corrected chi connectivity index (χ4v) is 3.86. The second-order valence-electron chi connectivity index (χ2n) is 7.47. The van der Waals surface area contributed by atoms with Gasteiger partial charge in [0.25, 0.3) is 0 Å². The predicted octanol–water partition coefficient (Wildman–Crippen LogP) is 2.86. The number of benzene rings is 1. The first-order chi connectivity index (χ1) is 14.7. The van der Waals surface area contributed by atoms with Crippen molar-refractivity contribution < 1.29 is 4.74 Å². The first-order valence-electron chi connectivity index (χ1n) is 11.0. The highest BCUT2D eigenvalue weighted by atomic mass is 127. The van der Waals surface area contributed by atoms with Crippen LogP contribution in [0.5, 0.6) is 5.75 Å². The van der Waals surface area contributed by atoms with E-state index in [9.17, 15) is 0 Å². The Labute approximate surface area is 202 Å². The van der Waals surface area contributed by atoms with E-state index in [0.717, 1.165) is 56.7 Å². The van der Waals surface area contributed by atoms with Gasteiger partial charge in [0.2, 0.25) is 0 Å². The molecule has 2 N–H and O–H groups in total. The fraction of sp³-hybridized carbons (Fsp3) is 0.591. The lowest BCUT2D eigenvalue weighted by atomic mass is 10.1. The third-order valence-electron chi connectivity index (χ3n) is 5.51. The summed E-state index contributed by atoms with van der Waals surface area (Å²) in [6.45, 7) is 9.57. The summed E-state index contributed by atoms with van der Waals surface area (Å²) >= 11 is 0. The molecule has 1 aromatic carbocycles. The molecule has 2 aromatic rings. The number of aliphatic imine (C=N–C) groups is 1. The second-order valence-corrected chi connectivity index (χ2v) is 7.47. The summed E-state index contributed by atoms with van der Waals surface area (Å²) in [6.07, 6.45) is 5.19. The Bertz CT molecular complexity index is 787. The molecule has 1 aliphatic rings. The lowest BCUT2D eigenvalue weighted by Gasteiger charge is -2.27. The molecule has 1 unspecified atom stereocenters. The van der Waals surface area contributed by atoms with Gasteiger partial charge in [0.15, 0.2) is 5.96 Å². The number of hydrogen-bond donors (Lipinski definition) is 2. The van der Waals surface area contributed by atoms with Gasteiger partial charge in [-0.05, 0) is 50.6 Å². The minimum absolute atomic E-state index is 0. The number of methoxy groups -OCH3 is 1. The Morgan fingerprint density at radius 1 is 1.16 bits per heavy atom. The van der Waals surface area contributed by atoms with Crippen LogP contribution < -0.4 is 15.4 Å². The van der Waals surface area contributed by atoms with Crippen molar-refractivity contribution in [2.75, 3.05) is 39.8 Å². The third kappa shape index (κ3) is 7.34. The lowest BCUT2D eigenvalue weighted by Crippen LogP contribution is -2.39. The van der Waals surface area contributed by atoms with Crippen LogP contribution in [0.25, 0.3) is 0 Å². The standard InChI is InChI=1S/C22H35N7O.HI/c1-4-21-27-26-17-29(21)15-12-24-22(23-5-2)25-16-20(28-13-6-7-14-28)18-8-10-19(30-3)11-9-18;/h8-11,17,20H,4-7,12-16H2,1-3H3,(H2,23,24,25);1H. The van der Waals surface area contributed by atoms with E-state index >= 15 is 0 Å². The minimum Gasteiger partial charge on any atom is -0.497 e. The second kappa shape index (κ2) is 13.5. The number of halogens is 1. The maximum atomic E-state index is 5.32. The number of nitrogens with one attached hydrogen (secondary N) is 2. The molecule has 1 atom stereocenters. The van der Waals surface area contributed by atoms with E-state index in [-0.39, 0.29) is 30.0 Å². The largest absolute Gasteiger partial charge is 0.497 e. The van der Waals surface area contributed by atoms with Crippen molar-refractivity contribution in [3.8, 4) is 5.75 Å². The van der Waals surface area contributed by atoms with Crippen molar-refractivity contribution >= 4 is 29.9 Å². The molecule has 9 heteroatoms. The van der Waals surface area contributed by atoms with Crippen LogP contribution in [0, 0.1) is 0 Å². The van der Waals surface area contributed by atoms with Gasteiger partial charge in [0.1, 0.15) is 17.9 Å². The maximum Gasteiger partial charge on any atom is 0.191 e. The van der Waals surface area contributed by atoms with E-state index in [2.05, 4.69) is 56.3 Å². The van der Waals surface area contributed by atoms with Gasteiger partial charge in [-0.2, -0.15) is 0 Å². The zero-order valence-electron chi connectivity index (χ0n) is 18.9. The number of ether oxygens (including phenoxy) is 1. The molecule has 0 spiro atoms. The smallest absolute Gasteiger partial charge is 0.191 e. The first kappa shape index (κ1) is 25.4. The van der Waals surface area contributed by atoms with Crippen LogP contribution in [-0.4, -0.2) is 65.5 Å². The van der Waals surface area contributed by atoms with Crippen LogP contribution in [-0.2, 0) is 13.0 Å². The molecule has 31 heavy (non-hydrogen) atoms. The summed E-state index contributed by atoms with van der Waals surface area (Å²) in [7, 11) is 1.70. The van der Waals surface area contributed by atoms with Gasteiger partial charge in [0, 0.05) is 26.1 Å². The van der Waals surface area contributed by atoms with Crippen molar-refractivity contribution in [1.82, 2.24) is 30.3 Å². The predicted molar refractivity (Wildman–Crippen MR) is 135 cm³/mol. The highest BCUT2D eigenvalue weighted by molar-refractivity contribution is 14.0. The number of likely N-dealkylation sites (tertiary alicyclic amines) is 1. The first-order valence-corrected chi connectivity index (χ1v) is 11.0. The van der Waals surface area contributed by atoms with Gasteiger partial charge >= 0.3 is 0 Å². The third-order valence-corrected chi connectivity index (χ3v) is 5.51.